The molecular weight excluding hydrogens is 412 g/mol. The van der Waals surface area contributed by atoms with Crippen LogP contribution < -0.4 is 0 Å². The minimum Gasteiger partial charge on any atom is -0.342 e. The molecule has 3 heterocycles. The molecule has 1 aromatic carbocycles. The minimum atomic E-state index is -0.474. The van der Waals surface area contributed by atoms with E-state index in [0.717, 1.165) is 19.5 Å². The number of likely N-dealkylation sites (tertiary alicyclic amines) is 2. The maximum atomic E-state index is 13.1. The van der Waals surface area contributed by atoms with E-state index in [0.29, 0.717) is 43.2 Å². The van der Waals surface area contributed by atoms with Gasteiger partial charge >= 0.3 is 0 Å². The van der Waals surface area contributed by atoms with Crippen LogP contribution in [-0.4, -0.2) is 67.7 Å². The number of hydrogen-bond acceptors (Lipinski definition) is 6. The highest BCUT2D eigenvalue weighted by Crippen LogP contribution is 2.25. The summed E-state index contributed by atoms with van der Waals surface area (Å²) in [6.45, 7) is 6.58. The molecule has 0 saturated carbocycles. The van der Waals surface area contributed by atoms with Crippen LogP contribution in [0.2, 0.25) is 0 Å². The molecule has 2 aliphatic rings. The predicted octanol–water partition coefficient (Wildman–Crippen LogP) is 2.59. The fourth-order valence-electron chi connectivity index (χ4n) is 4.64. The number of amides is 2. The van der Waals surface area contributed by atoms with Crippen molar-refractivity contribution in [2.45, 2.75) is 39.5 Å². The van der Waals surface area contributed by atoms with Gasteiger partial charge in [0.1, 0.15) is 0 Å². The first-order valence-corrected chi connectivity index (χ1v) is 11.1. The number of hydrogen-bond donors (Lipinski definition) is 0. The van der Waals surface area contributed by atoms with E-state index >= 15 is 0 Å². The molecule has 170 valence electrons. The molecule has 2 fully saturated rings. The standard InChI is InChI=1S/C22H28N6O4/c1-15-5-4-10-26(14-15)21(29)17-8-11-25(12-9-17)22(30)20-16(2)27(24-23-20)18-6-3-7-19(13-18)28(31)32/h3,6-7,13,15,17H,4-5,8-12,14H2,1-2H3. The fourth-order valence-corrected chi connectivity index (χ4v) is 4.64. The number of piperidine rings is 2. The summed E-state index contributed by atoms with van der Waals surface area (Å²) in [4.78, 5) is 40.2. The Balaban J connectivity index is 1.41. The second kappa shape index (κ2) is 9.05. The number of non-ortho nitro benzene ring substituents is 1. The van der Waals surface area contributed by atoms with E-state index in [1.165, 1.54) is 23.2 Å². The molecule has 0 spiro atoms. The molecule has 1 unspecified atom stereocenters. The number of nitro benzene ring substituents is 1. The first-order chi connectivity index (χ1) is 15.3. The average molecular weight is 441 g/mol. The highest BCUT2D eigenvalue weighted by atomic mass is 16.6. The third-order valence-electron chi connectivity index (χ3n) is 6.48. The largest absolute Gasteiger partial charge is 0.342 e. The summed E-state index contributed by atoms with van der Waals surface area (Å²) in [6.07, 6.45) is 3.53. The van der Waals surface area contributed by atoms with E-state index in [9.17, 15) is 19.7 Å². The number of benzene rings is 1. The zero-order chi connectivity index (χ0) is 22.8. The van der Waals surface area contributed by atoms with Gasteiger partial charge in [-0.2, -0.15) is 0 Å². The monoisotopic (exact) mass is 440 g/mol. The number of nitrogens with zero attached hydrogens (tertiary/aromatic N) is 6. The van der Waals surface area contributed by atoms with Gasteiger partial charge in [-0.25, -0.2) is 4.68 Å². The summed E-state index contributed by atoms with van der Waals surface area (Å²) >= 11 is 0. The Morgan fingerprint density at radius 2 is 1.88 bits per heavy atom. The van der Waals surface area contributed by atoms with Gasteiger partial charge in [0, 0.05) is 44.2 Å². The van der Waals surface area contributed by atoms with Crippen LogP contribution in [-0.2, 0) is 4.79 Å². The van der Waals surface area contributed by atoms with Gasteiger partial charge in [-0.05, 0) is 44.6 Å². The lowest BCUT2D eigenvalue weighted by atomic mass is 9.92. The van der Waals surface area contributed by atoms with Gasteiger partial charge in [0.05, 0.1) is 16.3 Å². The van der Waals surface area contributed by atoms with Gasteiger partial charge in [0.15, 0.2) is 5.69 Å². The molecule has 0 N–H and O–H groups in total. The summed E-state index contributed by atoms with van der Waals surface area (Å²) < 4.78 is 1.44. The number of aromatic nitrogens is 3. The minimum absolute atomic E-state index is 0.0361. The zero-order valence-electron chi connectivity index (χ0n) is 18.4. The molecule has 0 aliphatic carbocycles. The SMILES string of the molecule is Cc1c(C(=O)N2CCC(C(=O)N3CCCC(C)C3)CC2)nnn1-c1cccc([N+](=O)[O-])c1. The summed E-state index contributed by atoms with van der Waals surface area (Å²) in [5.41, 5.74) is 1.17. The molecule has 0 radical (unpaired) electrons. The Kier molecular flexibility index (Phi) is 6.20. The van der Waals surface area contributed by atoms with Crippen molar-refractivity contribution < 1.29 is 14.5 Å². The first kappa shape index (κ1) is 21.9. The van der Waals surface area contributed by atoms with Crippen LogP contribution in [0.1, 0.15) is 48.8 Å². The molecule has 10 heteroatoms. The number of carbonyl (C=O) groups is 2. The predicted molar refractivity (Wildman–Crippen MR) is 116 cm³/mol. The van der Waals surface area contributed by atoms with E-state index in [2.05, 4.69) is 17.2 Å². The summed E-state index contributed by atoms with van der Waals surface area (Å²) in [6, 6.07) is 6.05. The van der Waals surface area contributed by atoms with Crippen molar-refractivity contribution in [1.29, 1.82) is 0 Å². The van der Waals surface area contributed by atoms with Crippen molar-refractivity contribution in [1.82, 2.24) is 24.8 Å². The van der Waals surface area contributed by atoms with Crippen molar-refractivity contribution in [2.24, 2.45) is 11.8 Å². The third kappa shape index (κ3) is 4.35. The van der Waals surface area contributed by atoms with E-state index in [-0.39, 0.29) is 29.1 Å². The lowest BCUT2D eigenvalue weighted by Crippen LogP contribution is -2.47. The number of nitro groups is 1. The van der Waals surface area contributed by atoms with Crippen molar-refractivity contribution in [3.8, 4) is 5.69 Å². The molecule has 2 aromatic rings. The van der Waals surface area contributed by atoms with E-state index in [1.807, 2.05) is 4.90 Å². The lowest BCUT2D eigenvalue weighted by Gasteiger charge is -2.37. The number of rotatable bonds is 4. The normalized spacial score (nSPS) is 19.8. The van der Waals surface area contributed by atoms with Crippen LogP contribution in [0.5, 0.6) is 0 Å². The second-order valence-corrected chi connectivity index (χ2v) is 8.81. The second-order valence-electron chi connectivity index (χ2n) is 8.81. The highest BCUT2D eigenvalue weighted by Gasteiger charge is 2.33. The summed E-state index contributed by atoms with van der Waals surface area (Å²) in [5, 5.41) is 19.2. The quantitative estimate of drug-likeness (QED) is 0.533. The molecule has 0 bridgehead atoms. The Hall–Kier alpha value is -3.30. The topological polar surface area (TPSA) is 114 Å². The van der Waals surface area contributed by atoms with Crippen molar-refractivity contribution >= 4 is 17.5 Å². The maximum absolute atomic E-state index is 13.1. The van der Waals surface area contributed by atoms with Gasteiger partial charge in [-0.3, -0.25) is 19.7 Å². The Morgan fingerprint density at radius 3 is 2.56 bits per heavy atom. The van der Waals surface area contributed by atoms with Crippen LogP contribution in [0, 0.1) is 28.9 Å². The third-order valence-corrected chi connectivity index (χ3v) is 6.48. The van der Waals surface area contributed by atoms with Crippen LogP contribution >= 0.6 is 0 Å². The van der Waals surface area contributed by atoms with E-state index in [4.69, 9.17) is 0 Å². The lowest BCUT2D eigenvalue weighted by molar-refractivity contribution is -0.384. The molecule has 10 nitrogen and oxygen atoms in total. The molecule has 1 atom stereocenters. The van der Waals surface area contributed by atoms with Crippen LogP contribution in [0.15, 0.2) is 24.3 Å². The van der Waals surface area contributed by atoms with Crippen LogP contribution in [0.25, 0.3) is 5.69 Å². The smallest absolute Gasteiger partial charge is 0.276 e. The Labute approximate surface area is 186 Å². The van der Waals surface area contributed by atoms with Crippen molar-refractivity contribution in [2.75, 3.05) is 26.2 Å². The van der Waals surface area contributed by atoms with Crippen molar-refractivity contribution in [3.63, 3.8) is 0 Å². The molecule has 2 saturated heterocycles. The number of carbonyl (C=O) groups excluding carboxylic acids is 2. The first-order valence-electron chi connectivity index (χ1n) is 11.1. The van der Waals surface area contributed by atoms with E-state index < -0.39 is 4.92 Å². The Bertz CT molecular complexity index is 1030. The van der Waals surface area contributed by atoms with Gasteiger partial charge < -0.3 is 9.80 Å². The highest BCUT2D eigenvalue weighted by molar-refractivity contribution is 5.93. The van der Waals surface area contributed by atoms with Gasteiger partial charge in [-0.15, -0.1) is 5.10 Å². The van der Waals surface area contributed by atoms with Gasteiger partial charge in [-0.1, -0.05) is 18.2 Å². The zero-order valence-corrected chi connectivity index (χ0v) is 18.4. The molecule has 1 aromatic heterocycles. The van der Waals surface area contributed by atoms with Crippen molar-refractivity contribution in [3.05, 3.63) is 45.8 Å². The van der Waals surface area contributed by atoms with Gasteiger partial charge in [0.2, 0.25) is 5.91 Å². The summed E-state index contributed by atoms with van der Waals surface area (Å²) in [7, 11) is 0. The van der Waals surface area contributed by atoms with Gasteiger partial charge in [0.25, 0.3) is 11.6 Å². The average Bonchev–Trinajstić information content (AvgIpc) is 3.19. The Morgan fingerprint density at radius 1 is 1.12 bits per heavy atom. The van der Waals surface area contributed by atoms with Crippen LogP contribution in [0.4, 0.5) is 5.69 Å². The summed E-state index contributed by atoms with van der Waals surface area (Å²) in [5.74, 6) is 0.505. The molecule has 2 aliphatic heterocycles. The van der Waals surface area contributed by atoms with E-state index in [1.54, 1.807) is 24.0 Å². The maximum Gasteiger partial charge on any atom is 0.276 e. The van der Waals surface area contributed by atoms with Crippen LogP contribution in [0.3, 0.4) is 0 Å². The molecule has 4 rings (SSSR count). The molecule has 32 heavy (non-hydrogen) atoms. The fraction of sp³-hybridized carbons (Fsp3) is 0.545. The molecule has 2 amide bonds. The molecular formula is C22H28N6O4.